The van der Waals surface area contributed by atoms with E-state index >= 15 is 0 Å². The van der Waals surface area contributed by atoms with Crippen molar-refractivity contribution in [3.8, 4) is 0 Å². The number of carbonyl (C=O) groups is 1. The molecule has 0 radical (unpaired) electrons. The number of sulfone groups is 1. The predicted octanol–water partition coefficient (Wildman–Crippen LogP) is -0.240. The van der Waals surface area contributed by atoms with Gasteiger partial charge in [-0.05, 0) is 0 Å². The van der Waals surface area contributed by atoms with Gasteiger partial charge in [-0.1, -0.05) is 0 Å². The first-order valence-corrected chi connectivity index (χ1v) is 8.87. The summed E-state index contributed by atoms with van der Waals surface area (Å²) in [6.45, 7) is 0.960. The third kappa shape index (κ3) is 2.99. The van der Waals surface area contributed by atoms with Crippen LogP contribution in [0, 0.1) is 0 Å². The third-order valence-corrected chi connectivity index (χ3v) is 4.83. The monoisotopic (exact) mass is 339 g/mol. The lowest BCUT2D eigenvalue weighted by atomic mass is 10.1. The van der Waals surface area contributed by atoms with Crippen molar-refractivity contribution in [1.29, 1.82) is 0 Å². The summed E-state index contributed by atoms with van der Waals surface area (Å²) in [5, 5.41) is 10.5. The van der Waals surface area contributed by atoms with E-state index in [-0.39, 0.29) is 17.4 Å². The fourth-order valence-electron chi connectivity index (χ4n) is 2.60. The van der Waals surface area contributed by atoms with E-state index in [0.29, 0.717) is 24.4 Å². The molecule has 1 saturated heterocycles. The molecule has 9 nitrogen and oxygen atoms in total. The summed E-state index contributed by atoms with van der Waals surface area (Å²) in [6.07, 6.45) is 5.48. The number of aromatic nitrogens is 4. The summed E-state index contributed by atoms with van der Waals surface area (Å²) in [5.41, 5.74) is 0.810. The molecule has 0 spiro atoms. The molecule has 2 aromatic heterocycles. The highest BCUT2D eigenvalue weighted by Crippen LogP contribution is 2.29. The first-order chi connectivity index (χ1) is 10.9. The summed E-state index contributed by atoms with van der Waals surface area (Å²) >= 11 is 0. The van der Waals surface area contributed by atoms with Crippen molar-refractivity contribution >= 4 is 15.7 Å². The molecule has 23 heavy (non-hydrogen) atoms. The van der Waals surface area contributed by atoms with Gasteiger partial charge in [-0.15, -0.1) is 0 Å². The summed E-state index contributed by atoms with van der Waals surface area (Å²) in [5.74, 6) is -0.222. The van der Waals surface area contributed by atoms with Gasteiger partial charge in [0.25, 0.3) is 5.91 Å². The van der Waals surface area contributed by atoms with Crippen LogP contribution in [-0.4, -0.2) is 65.2 Å². The molecule has 1 N–H and O–H groups in total. The average Bonchev–Trinajstić information content (AvgIpc) is 3.14. The van der Waals surface area contributed by atoms with Crippen LogP contribution in [0.2, 0.25) is 0 Å². The van der Waals surface area contributed by atoms with E-state index in [1.54, 1.807) is 22.8 Å². The molecule has 124 valence electrons. The summed E-state index contributed by atoms with van der Waals surface area (Å²) < 4.78 is 30.8. The quantitative estimate of drug-likeness (QED) is 0.826. The highest BCUT2D eigenvalue weighted by molar-refractivity contribution is 7.90. The van der Waals surface area contributed by atoms with Crippen molar-refractivity contribution in [2.75, 3.05) is 26.0 Å². The van der Waals surface area contributed by atoms with E-state index < -0.39 is 15.9 Å². The van der Waals surface area contributed by atoms with Crippen LogP contribution in [0.25, 0.3) is 0 Å². The minimum absolute atomic E-state index is 0.0805. The number of aromatic amines is 1. The zero-order chi connectivity index (χ0) is 16.6. The number of nitrogens with zero attached hydrogens (tertiary/aromatic N) is 4. The molecule has 10 heteroatoms. The zero-order valence-corrected chi connectivity index (χ0v) is 13.6. The van der Waals surface area contributed by atoms with Crippen molar-refractivity contribution in [3.05, 3.63) is 29.8 Å². The van der Waals surface area contributed by atoms with Crippen molar-refractivity contribution in [2.24, 2.45) is 7.05 Å². The van der Waals surface area contributed by atoms with Crippen LogP contribution < -0.4 is 0 Å². The second kappa shape index (κ2) is 5.78. The van der Waals surface area contributed by atoms with Gasteiger partial charge in [0, 0.05) is 26.0 Å². The number of nitrogens with one attached hydrogen (secondary N) is 1. The first kappa shape index (κ1) is 15.7. The Bertz CT molecular complexity index is 825. The van der Waals surface area contributed by atoms with Crippen molar-refractivity contribution < 1.29 is 17.9 Å². The molecule has 1 atom stereocenters. The first-order valence-electron chi connectivity index (χ1n) is 6.98. The molecule has 1 fully saturated rings. The topological polar surface area (TPSA) is 110 Å². The normalized spacial score (nSPS) is 19.0. The van der Waals surface area contributed by atoms with Gasteiger partial charge in [-0.3, -0.25) is 14.6 Å². The van der Waals surface area contributed by atoms with Gasteiger partial charge in [0.15, 0.2) is 9.84 Å². The SMILES string of the molecule is Cn1cc(C(=O)N2CCOCC2c2[nH]ncc2S(C)(=O)=O)cn1. The van der Waals surface area contributed by atoms with Crippen LogP contribution in [0.15, 0.2) is 23.5 Å². The van der Waals surface area contributed by atoms with E-state index in [0.717, 1.165) is 6.26 Å². The Morgan fingerprint density at radius 3 is 2.87 bits per heavy atom. The Balaban J connectivity index is 1.97. The van der Waals surface area contributed by atoms with E-state index in [1.165, 1.54) is 12.4 Å². The smallest absolute Gasteiger partial charge is 0.257 e. The van der Waals surface area contributed by atoms with E-state index in [2.05, 4.69) is 15.3 Å². The molecule has 1 amide bonds. The van der Waals surface area contributed by atoms with Gasteiger partial charge in [-0.2, -0.15) is 10.2 Å². The second-order valence-electron chi connectivity index (χ2n) is 5.41. The van der Waals surface area contributed by atoms with Crippen molar-refractivity contribution in [1.82, 2.24) is 24.9 Å². The molecule has 3 heterocycles. The van der Waals surface area contributed by atoms with Gasteiger partial charge in [-0.25, -0.2) is 8.42 Å². The molecule has 1 aliphatic heterocycles. The third-order valence-electron chi connectivity index (χ3n) is 3.71. The van der Waals surface area contributed by atoms with Crippen LogP contribution in [-0.2, 0) is 21.6 Å². The highest BCUT2D eigenvalue weighted by atomic mass is 32.2. The zero-order valence-electron chi connectivity index (χ0n) is 12.8. The maximum absolute atomic E-state index is 12.7. The number of ether oxygens (including phenoxy) is 1. The molecule has 2 aromatic rings. The number of rotatable bonds is 3. The maximum Gasteiger partial charge on any atom is 0.257 e. The van der Waals surface area contributed by atoms with E-state index in [9.17, 15) is 13.2 Å². The molecule has 0 saturated carbocycles. The van der Waals surface area contributed by atoms with Crippen LogP contribution in [0.1, 0.15) is 22.1 Å². The Hall–Kier alpha value is -2.20. The lowest BCUT2D eigenvalue weighted by Crippen LogP contribution is -2.43. The molecule has 0 bridgehead atoms. The summed E-state index contributed by atoms with van der Waals surface area (Å²) in [7, 11) is -1.73. The Labute approximate surface area is 133 Å². The van der Waals surface area contributed by atoms with Crippen LogP contribution in [0.5, 0.6) is 0 Å². The number of carbonyl (C=O) groups excluding carboxylic acids is 1. The molecule has 1 aliphatic rings. The van der Waals surface area contributed by atoms with E-state index in [1.807, 2.05) is 0 Å². The minimum Gasteiger partial charge on any atom is -0.377 e. The number of H-pyrrole nitrogens is 1. The fourth-order valence-corrected chi connectivity index (χ4v) is 3.43. The van der Waals surface area contributed by atoms with Crippen molar-refractivity contribution in [2.45, 2.75) is 10.9 Å². The van der Waals surface area contributed by atoms with Gasteiger partial charge >= 0.3 is 0 Å². The molecule has 0 aromatic carbocycles. The lowest BCUT2D eigenvalue weighted by Gasteiger charge is -2.35. The number of hydrogen-bond acceptors (Lipinski definition) is 6. The molecule has 0 aliphatic carbocycles. The largest absolute Gasteiger partial charge is 0.377 e. The van der Waals surface area contributed by atoms with Gasteiger partial charge < -0.3 is 9.64 Å². The lowest BCUT2D eigenvalue weighted by molar-refractivity contribution is -0.00468. The van der Waals surface area contributed by atoms with Crippen LogP contribution in [0.4, 0.5) is 0 Å². The fraction of sp³-hybridized carbons (Fsp3) is 0.462. The standard InChI is InChI=1S/C13H17N5O4S/c1-17-7-9(5-15-17)13(19)18-3-4-22-8-10(18)12-11(6-14-16-12)23(2,20)21/h5-7,10H,3-4,8H2,1-2H3,(H,14,16). The summed E-state index contributed by atoms with van der Waals surface area (Å²) in [6, 6.07) is -0.538. The number of hydrogen-bond donors (Lipinski definition) is 1. The maximum atomic E-state index is 12.7. The molecule has 3 rings (SSSR count). The molecule has 1 unspecified atom stereocenters. The molecular weight excluding hydrogens is 322 g/mol. The molecular formula is C13H17N5O4S. The van der Waals surface area contributed by atoms with Gasteiger partial charge in [0.1, 0.15) is 4.90 Å². The van der Waals surface area contributed by atoms with Gasteiger partial charge in [0.05, 0.1) is 42.9 Å². The van der Waals surface area contributed by atoms with Gasteiger partial charge in [0.2, 0.25) is 0 Å². The average molecular weight is 339 g/mol. The van der Waals surface area contributed by atoms with Crippen LogP contribution in [0.3, 0.4) is 0 Å². The number of aryl methyl sites for hydroxylation is 1. The number of amides is 1. The number of morpholine rings is 1. The minimum atomic E-state index is -3.45. The highest BCUT2D eigenvalue weighted by Gasteiger charge is 2.34. The van der Waals surface area contributed by atoms with Crippen LogP contribution >= 0.6 is 0 Å². The van der Waals surface area contributed by atoms with Crippen molar-refractivity contribution in [3.63, 3.8) is 0 Å². The Kier molecular flexibility index (Phi) is 3.94. The predicted molar refractivity (Wildman–Crippen MR) is 79.5 cm³/mol. The summed E-state index contributed by atoms with van der Waals surface area (Å²) in [4.78, 5) is 14.4. The Morgan fingerprint density at radius 1 is 1.43 bits per heavy atom. The second-order valence-corrected chi connectivity index (χ2v) is 7.40. The Morgan fingerprint density at radius 2 is 2.22 bits per heavy atom. The van der Waals surface area contributed by atoms with E-state index in [4.69, 9.17) is 4.74 Å².